The molecule has 0 heterocycles. The van der Waals surface area contributed by atoms with Crippen molar-refractivity contribution >= 4 is 26.0 Å². The van der Waals surface area contributed by atoms with Crippen LogP contribution in [-0.4, -0.2) is 52.0 Å². The molecule has 7 nitrogen and oxygen atoms in total. The Morgan fingerprint density at radius 2 is 1.42 bits per heavy atom. The molecule has 2 rings (SSSR count). The lowest BCUT2D eigenvalue weighted by atomic mass is 9.67. The molecule has 2 unspecified atom stereocenters. The van der Waals surface area contributed by atoms with Gasteiger partial charge in [0, 0.05) is 12.5 Å². The zero-order chi connectivity index (χ0) is 24.4. The summed E-state index contributed by atoms with van der Waals surface area (Å²) in [5, 5.41) is 8.48. The predicted octanol–water partition coefficient (Wildman–Crippen LogP) is 4.54. The second-order valence-electron chi connectivity index (χ2n) is 7.89. The lowest BCUT2D eigenvalue weighted by molar-refractivity contribution is -0.123. The van der Waals surface area contributed by atoms with Crippen LogP contribution in [0.25, 0.3) is 0 Å². The first-order valence-electron chi connectivity index (χ1n) is 10.7. The Bertz CT molecular complexity index is 820. The zero-order valence-electron chi connectivity index (χ0n) is 19.9. The number of Topliss-reactive ketones (excluding diaryl/α,β-unsaturated/α-hetero) is 1. The number of aliphatic hydroxyl groups excluding tert-OH is 1. The maximum absolute atomic E-state index is 13.2. The highest BCUT2D eigenvalue weighted by Crippen LogP contribution is 2.39. The number of hydrogen-bond donors (Lipinski definition) is 3. The fraction of sp³-hybridized carbons (Fsp3) is 0.458. The number of rotatable bonds is 10. The van der Waals surface area contributed by atoms with E-state index in [1.54, 1.807) is 6.92 Å². The minimum atomic E-state index is -4.49. The molecule has 2 aromatic rings. The third kappa shape index (κ3) is 9.67. The van der Waals surface area contributed by atoms with Crippen molar-refractivity contribution in [3.05, 3.63) is 71.8 Å². The van der Waals surface area contributed by atoms with Crippen LogP contribution in [-0.2, 0) is 19.3 Å². The summed E-state index contributed by atoms with van der Waals surface area (Å²) in [6.45, 7) is 5.69. The number of phosphoric acid groups is 1. The average Bonchev–Trinajstić information content (AvgIpc) is 2.77. The second-order valence-corrected chi connectivity index (χ2v) is 9.08. The molecule has 186 valence electrons. The van der Waals surface area contributed by atoms with Gasteiger partial charge in [-0.25, -0.2) is 4.57 Å². The van der Waals surface area contributed by atoms with Gasteiger partial charge in [-0.1, -0.05) is 74.5 Å². The van der Waals surface area contributed by atoms with Crippen LogP contribution in [0.3, 0.4) is 0 Å². The van der Waals surface area contributed by atoms with E-state index >= 15 is 0 Å². The number of halogens is 1. The van der Waals surface area contributed by atoms with Crippen molar-refractivity contribution in [2.24, 2.45) is 0 Å². The van der Waals surface area contributed by atoms with Gasteiger partial charge in [0.15, 0.2) is 6.29 Å². The Morgan fingerprint density at radius 1 is 1.00 bits per heavy atom. The lowest BCUT2D eigenvalue weighted by Crippen LogP contribution is -2.42. The van der Waals surface area contributed by atoms with Crippen LogP contribution in [0, 0.1) is 0 Å². The average molecular weight is 502 g/mol. The Kier molecular flexibility index (Phi) is 13.9. The number of ketones is 1. The van der Waals surface area contributed by atoms with E-state index in [1.165, 1.54) is 0 Å². The van der Waals surface area contributed by atoms with Gasteiger partial charge in [0.2, 0.25) is 0 Å². The molecule has 0 radical (unpaired) electrons. The van der Waals surface area contributed by atoms with E-state index in [1.807, 2.05) is 43.3 Å². The molecule has 3 N–H and O–H groups in total. The molecule has 0 aromatic heterocycles. The van der Waals surface area contributed by atoms with Crippen LogP contribution in [0.5, 0.6) is 0 Å². The third-order valence-electron chi connectivity index (χ3n) is 5.42. The molecular formula is C24H37ClNO6P. The van der Waals surface area contributed by atoms with E-state index in [4.69, 9.17) is 14.9 Å². The van der Waals surface area contributed by atoms with Gasteiger partial charge in [-0.3, -0.25) is 9.32 Å². The molecule has 2 aromatic carbocycles. The summed E-state index contributed by atoms with van der Waals surface area (Å²) in [5.41, 5.74) is 1.60. The monoisotopic (exact) mass is 501 g/mol. The maximum atomic E-state index is 13.2. The fourth-order valence-electron chi connectivity index (χ4n) is 3.44. The molecule has 0 saturated carbocycles. The first-order chi connectivity index (χ1) is 15.0. The van der Waals surface area contributed by atoms with Gasteiger partial charge in [-0.2, -0.15) is 0 Å². The van der Waals surface area contributed by atoms with E-state index < -0.39 is 19.5 Å². The van der Waals surface area contributed by atoms with E-state index in [0.29, 0.717) is 12.5 Å². The van der Waals surface area contributed by atoms with Crippen molar-refractivity contribution in [2.75, 3.05) is 14.1 Å². The summed E-state index contributed by atoms with van der Waals surface area (Å²) < 4.78 is 13.7. The number of aliphatic hydroxyl groups is 1. The van der Waals surface area contributed by atoms with Crippen molar-refractivity contribution in [2.45, 2.75) is 57.8 Å². The smallest absolute Gasteiger partial charge is 0.367 e. The van der Waals surface area contributed by atoms with Gasteiger partial charge in [-0.15, -0.1) is 12.4 Å². The predicted molar refractivity (Wildman–Crippen MR) is 133 cm³/mol. The summed E-state index contributed by atoms with van der Waals surface area (Å²) >= 11 is 0. The summed E-state index contributed by atoms with van der Waals surface area (Å²) in [6.07, 6.45) is 0.0984. The molecule has 33 heavy (non-hydrogen) atoms. The van der Waals surface area contributed by atoms with Crippen LogP contribution < -0.4 is 0 Å². The maximum Gasteiger partial charge on any atom is 0.471 e. The molecule has 0 fully saturated rings. The Labute approximate surface area is 203 Å². The quantitative estimate of drug-likeness (QED) is 0.324. The van der Waals surface area contributed by atoms with E-state index in [-0.39, 0.29) is 24.6 Å². The van der Waals surface area contributed by atoms with Crippen LogP contribution in [0.15, 0.2) is 60.7 Å². The highest BCUT2D eigenvalue weighted by molar-refractivity contribution is 7.46. The first-order valence-corrected chi connectivity index (χ1v) is 12.2. The third-order valence-corrected chi connectivity index (χ3v) is 5.94. The largest absolute Gasteiger partial charge is 0.471 e. The number of carbonyl (C=O) groups excluding carboxylic acids is 1. The van der Waals surface area contributed by atoms with E-state index in [9.17, 15) is 9.36 Å². The zero-order valence-corrected chi connectivity index (χ0v) is 21.6. The summed E-state index contributed by atoms with van der Waals surface area (Å²) in [7, 11) is -0.346. The van der Waals surface area contributed by atoms with Gasteiger partial charge in [0.1, 0.15) is 5.78 Å². The normalized spacial score (nSPS) is 13.4. The lowest BCUT2D eigenvalue weighted by Gasteiger charge is -2.37. The van der Waals surface area contributed by atoms with Gasteiger partial charge in [-0.05, 0) is 45.0 Å². The second kappa shape index (κ2) is 14.6. The van der Waals surface area contributed by atoms with Crippen molar-refractivity contribution in [3.8, 4) is 0 Å². The molecule has 2 atom stereocenters. The number of nitrogens with zero attached hydrogens (tertiary/aromatic N) is 1. The van der Waals surface area contributed by atoms with E-state index in [0.717, 1.165) is 17.5 Å². The van der Waals surface area contributed by atoms with Crippen LogP contribution in [0.4, 0.5) is 0 Å². The first kappa shape index (κ1) is 31.4. The minimum Gasteiger partial charge on any atom is -0.367 e. The number of phosphoric ester groups is 1. The standard InChI is InChI=1S/C21H27NO.C3H9O5P.ClH/c1-5-20(23)21(16-17(2)22(3)4,18-12-8-6-9-13-18)19-14-10-7-11-15-19;1-2-3(4)8-9(5,6)7;/h6-15,17H,5,16H2,1-4H3;3-4H,2H2,1H3,(H2,5,6,7);1H. The highest BCUT2D eigenvalue weighted by atomic mass is 35.5. The van der Waals surface area contributed by atoms with E-state index in [2.05, 4.69) is 54.7 Å². The molecule has 0 saturated heterocycles. The Morgan fingerprint density at radius 3 is 1.70 bits per heavy atom. The number of hydrogen-bond acceptors (Lipinski definition) is 5. The minimum absolute atomic E-state index is 0. The summed E-state index contributed by atoms with van der Waals surface area (Å²) in [5.74, 6) is 0.281. The van der Waals surface area contributed by atoms with Gasteiger partial charge < -0.3 is 19.8 Å². The SMILES string of the molecule is CCC(=O)C(CC(C)N(C)C)(c1ccccc1)c1ccccc1.CCC(O)OP(=O)(O)O.Cl. The van der Waals surface area contributed by atoms with Crippen LogP contribution >= 0.6 is 20.2 Å². The van der Waals surface area contributed by atoms with Gasteiger partial charge >= 0.3 is 7.82 Å². The molecule has 0 bridgehead atoms. The number of carbonyl (C=O) groups is 1. The Hall–Kier alpha value is -1.57. The van der Waals surface area contributed by atoms with Crippen molar-refractivity contribution in [1.82, 2.24) is 4.90 Å². The van der Waals surface area contributed by atoms with Gasteiger partial charge in [0.25, 0.3) is 0 Å². The van der Waals surface area contributed by atoms with Crippen LogP contribution in [0.1, 0.15) is 51.2 Å². The number of benzene rings is 2. The van der Waals surface area contributed by atoms with Crippen molar-refractivity contribution in [3.63, 3.8) is 0 Å². The molecular weight excluding hydrogens is 465 g/mol. The molecule has 0 amide bonds. The molecule has 0 aliphatic rings. The fourth-order valence-corrected chi connectivity index (χ4v) is 3.91. The molecule has 0 aliphatic carbocycles. The van der Waals surface area contributed by atoms with Crippen LogP contribution in [0.2, 0.25) is 0 Å². The molecule has 9 heteroatoms. The van der Waals surface area contributed by atoms with Crippen molar-refractivity contribution in [1.29, 1.82) is 0 Å². The Balaban J connectivity index is 0.000000875. The van der Waals surface area contributed by atoms with Gasteiger partial charge in [0.05, 0.1) is 5.41 Å². The summed E-state index contributed by atoms with van der Waals surface area (Å²) in [6, 6.07) is 20.7. The topological polar surface area (TPSA) is 107 Å². The summed E-state index contributed by atoms with van der Waals surface area (Å²) in [4.78, 5) is 31.5. The molecule has 0 aliphatic heterocycles. The molecule has 0 spiro atoms. The highest BCUT2D eigenvalue weighted by Gasteiger charge is 2.41. The van der Waals surface area contributed by atoms with Crippen molar-refractivity contribution < 1.29 is 28.8 Å².